The van der Waals surface area contributed by atoms with E-state index in [2.05, 4.69) is 15.4 Å². The average Bonchev–Trinajstić information content (AvgIpc) is 2.60. The third kappa shape index (κ3) is 0.975. The summed E-state index contributed by atoms with van der Waals surface area (Å²) in [4.78, 5) is 15.2. The van der Waals surface area contributed by atoms with Crippen LogP contribution in [0, 0.1) is 0 Å². The third-order valence-corrected chi connectivity index (χ3v) is 1.95. The highest BCUT2D eigenvalue weighted by Gasteiger charge is 2.18. The number of rotatable bonds is 1. The molecule has 1 aliphatic heterocycles. The Labute approximate surface area is 69.8 Å². The first-order chi connectivity index (χ1) is 5.81. The van der Waals surface area contributed by atoms with Gasteiger partial charge < -0.3 is 5.32 Å². The monoisotopic (exact) mass is 166 g/mol. The van der Waals surface area contributed by atoms with Crippen LogP contribution in [0.15, 0.2) is 0 Å². The van der Waals surface area contributed by atoms with E-state index in [4.69, 9.17) is 0 Å². The van der Waals surface area contributed by atoms with Crippen LogP contribution in [0.3, 0.4) is 0 Å². The first-order valence-corrected chi connectivity index (χ1v) is 3.97. The SMILES string of the molecule is CNC(=O)c1nc2n(n1)CCC2. The number of hydrogen-bond donors (Lipinski definition) is 1. The lowest BCUT2D eigenvalue weighted by atomic mass is 10.4. The van der Waals surface area contributed by atoms with Gasteiger partial charge in [0, 0.05) is 20.0 Å². The van der Waals surface area contributed by atoms with Gasteiger partial charge in [0.1, 0.15) is 5.82 Å². The van der Waals surface area contributed by atoms with Crippen molar-refractivity contribution in [3.63, 3.8) is 0 Å². The van der Waals surface area contributed by atoms with Crippen molar-refractivity contribution >= 4 is 5.91 Å². The molecule has 0 fully saturated rings. The van der Waals surface area contributed by atoms with Crippen LogP contribution >= 0.6 is 0 Å². The zero-order chi connectivity index (χ0) is 8.55. The van der Waals surface area contributed by atoms with E-state index < -0.39 is 0 Å². The molecular weight excluding hydrogens is 156 g/mol. The number of carbonyl (C=O) groups excluding carboxylic acids is 1. The first-order valence-electron chi connectivity index (χ1n) is 3.97. The number of hydrogen-bond acceptors (Lipinski definition) is 3. The molecule has 0 radical (unpaired) electrons. The number of nitrogens with one attached hydrogen (secondary N) is 1. The Bertz CT molecular complexity index is 296. The smallest absolute Gasteiger partial charge is 0.290 e. The van der Waals surface area contributed by atoms with Crippen molar-refractivity contribution in [3.05, 3.63) is 11.6 Å². The van der Waals surface area contributed by atoms with Crippen LogP contribution in [0.4, 0.5) is 0 Å². The van der Waals surface area contributed by atoms with Crippen molar-refractivity contribution in [2.45, 2.75) is 19.4 Å². The first kappa shape index (κ1) is 7.27. The van der Waals surface area contributed by atoms with E-state index in [1.165, 1.54) is 0 Å². The molecule has 2 heterocycles. The second-order valence-corrected chi connectivity index (χ2v) is 2.76. The third-order valence-electron chi connectivity index (χ3n) is 1.95. The minimum Gasteiger partial charge on any atom is -0.352 e. The molecule has 0 aliphatic carbocycles. The van der Waals surface area contributed by atoms with Gasteiger partial charge in [0.2, 0.25) is 5.82 Å². The summed E-state index contributed by atoms with van der Waals surface area (Å²) < 4.78 is 1.80. The van der Waals surface area contributed by atoms with Crippen molar-refractivity contribution in [1.29, 1.82) is 0 Å². The quantitative estimate of drug-likeness (QED) is 0.616. The standard InChI is InChI=1S/C7H10N4O/c1-8-7(12)6-9-5-3-2-4-11(5)10-6/h2-4H2,1H3,(H,8,12). The van der Waals surface area contributed by atoms with Crippen molar-refractivity contribution in [1.82, 2.24) is 20.1 Å². The van der Waals surface area contributed by atoms with Crippen molar-refractivity contribution in [2.75, 3.05) is 7.05 Å². The predicted molar refractivity (Wildman–Crippen MR) is 41.7 cm³/mol. The van der Waals surface area contributed by atoms with Gasteiger partial charge in [-0.05, 0) is 6.42 Å². The number of amides is 1. The largest absolute Gasteiger partial charge is 0.352 e. The molecule has 1 aromatic rings. The molecule has 5 heteroatoms. The zero-order valence-electron chi connectivity index (χ0n) is 6.87. The average molecular weight is 166 g/mol. The van der Waals surface area contributed by atoms with Gasteiger partial charge >= 0.3 is 0 Å². The highest BCUT2D eigenvalue weighted by atomic mass is 16.2. The van der Waals surface area contributed by atoms with Gasteiger partial charge in [-0.3, -0.25) is 4.79 Å². The summed E-state index contributed by atoms with van der Waals surface area (Å²) in [5, 5.41) is 6.55. The number of nitrogens with zero attached hydrogens (tertiary/aromatic N) is 3. The van der Waals surface area contributed by atoms with Crippen LogP contribution in [0.25, 0.3) is 0 Å². The van der Waals surface area contributed by atoms with Crippen LogP contribution in [0.2, 0.25) is 0 Å². The van der Waals surface area contributed by atoms with Crippen molar-refractivity contribution < 1.29 is 4.79 Å². The van der Waals surface area contributed by atoms with E-state index in [1.54, 1.807) is 11.7 Å². The van der Waals surface area contributed by atoms with Gasteiger partial charge in [0.25, 0.3) is 5.91 Å². The summed E-state index contributed by atoms with van der Waals surface area (Å²) in [5.41, 5.74) is 0. The van der Waals surface area contributed by atoms with Crippen molar-refractivity contribution in [3.8, 4) is 0 Å². The fraction of sp³-hybridized carbons (Fsp3) is 0.571. The van der Waals surface area contributed by atoms with E-state index in [9.17, 15) is 4.79 Å². The fourth-order valence-electron chi connectivity index (χ4n) is 1.33. The molecule has 0 atom stereocenters. The summed E-state index contributed by atoms with van der Waals surface area (Å²) in [5.74, 6) is 0.998. The molecule has 12 heavy (non-hydrogen) atoms. The Morgan fingerprint density at radius 2 is 2.50 bits per heavy atom. The van der Waals surface area contributed by atoms with Gasteiger partial charge in [0.05, 0.1) is 0 Å². The maximum Gasteiger partial charge on any atom is 0.290 e. The molecule has 0 unspecified atom stereocenters. The number of aromatic nitrogens is 3. The maximum absolute atomic E-state index is 11.1. The van der Waals surface area contributed by atoms with Gasteiger partial charge in [-0.15, -0.1) is 5.10 Å². The molecule has 1 aromatic heterocycles. The fourth-order valence-corrected chi connectivity index (χ4v) is 1.33. The summed E-state index contributed by atoms with van der Waals surface area (Å²) in [6.45, 7) is 0.888. The molecule has 2 rings (SSSR count). The molecule has 0 saturated carbocycles. The van der Waals surface area contributed by atoms with Crippen LogP contribution in [0.5, 0.6) is 0 Å². The number of fused-ring (bicyclic) bond motifs is 1. The topological polar surface area (TPSA) is 59.8 Å². The Balaban J connectivity index is 2.31. The molecule has 5 nitrogen and oxygen atoms in total. The Morgan fingerprint density at radius 3 is 3.17 bits per heavy atom. The van der Waals surface area contributed by atoms with Gasteiger partial charge in [0.15, 0.2) is 0 Å². The van der Waals surface area contributed by atoms with E-state index in [0.717, 1.165) is 25.2 Å². The van der Waals surface area contributed by atoms with E-state index in [0.29, 0.717) is 0 Å². The van der Waals surface area contributed by atoms with Crippen LogP contribution in [-0.2, 0) is 13.0 Å². The lowest BCUT2D eigenvalue weighted by molar-refractivity contribution is 0.0952. The highest BCUT2D eigenvalue weighted by Crippen LogP contribution is 2.10. The van der Waals surface area contributed by atoms with Crippen LogP contribution in [0.1, 0.15) is 22.9 Å². The summed E-state index contributed by atoms with van der Waals surface area (Å²) in [6.07, 6.45) is 2.02. The molecule has 0 bridgehead atoms. The highest BCUT2D eigenvalue weighted by molar-refractivity contribution is 5.90. The zero-order valence-corrected chi connectivity index (χ0v) is 6.87. The molecule has 64 valence electrons. The van der Waals surface area contributed by atoms with Crippen LogP contribution < -0.4 is 5.32 Å². The molecular formula is C7H10N4O. The normalized spacial score (nSPS) is 14.4. The number of carbonyl (C=O) groups is 1. The Morgan fingerprint density at radius 1 is 1.67 bits per heavy atom. The summed E-state index contributed by atoms with van der Waals surface area (Å²) in [7, 11) is 1.58. The Kier molecular flexibility index (Phi) is 1.56. The van der Waals surface area contributed by atoms with Gasteiger partial charge in [-0.1, -0.05) is 0 Å². The lowest BCUT2D eigenvalue weighted by Crippen LogP contribution is -2.19. The minimum absolute atomic E-state index is 0.211. The molecule has 1 N–H and O–H groups in total. The van der Waals surface area contributed by atoms with Crippen molar-refractivity contribution in [2.24, 2.45) is 0 Å². The molecule has 0 aromatic carbocycles. The molecule has 0 saturated heterocycles. The molecule has 0 spiro atoms. The Hall–Kier alpha value is -1.39. The van der Waals surface area contributed by atoms with E-state index >= 15 is 0 Å². The molecule has 1 aliphatic rings. The van der Waals surface area contributed by atoms with Crippen LogP contribution in [-0.4, -0.2) is 27.7 Å². The maximum atomic E-state index is 11.1. The second-order valence-electron chi connectivity index (χ2n) is 2.76. The minimum atomic E-state index is -0.211. The van der Waals surface area contributed by atoms with Gasteiger partial charge in [-0.25, -0.2) is 9.67 Å². The number of aryl methyl sites for hydroxylation is 2. The second kappa shape index (κ2) is 2.58. The van der Waals surface area contributed by atoms with Gasteiger partial charge in [-0.2, -0.15) is 0 Å². The van der Waals surface area contributed by atoms with E-state index in [-0.39, 0.29) is 11.7 Å². The summed E-state index contributed by atoms with van der Waals surface area (Å²) >= 11 is 0. The predicted octanol–water partition coefficient (Wildman–Crippen LogP) is -0.416. The molecule has 1 amide bonds. The lowest BCUT2D eigenvalue weighted by Gasteiger charge is -1.91. The summed E-state index contributed by atoms with van der Waals surface area (Å²) in [6, 6.07) is 0. The van der Waals surface area contributed by atoms with E-state index in [1.807, 2.05) is 0 Å².